The normalized spacial score (nSPS) is 13.3. The number of hydrogen-bond donors (Lipinski definition) is 2. The summed E-state index contributed by atoms with van der Waals surface area (Å²) >= 11 is 5.85. The van der Waals surface area contributed by atoms with E-state index in [4.69, 9.17) is 16.3 Å². The molecule has 1 aliphatic rings. The third kappa shape index (κ3) is 4.46. The number of nitrogens with one attached hydrogen (secondary N) is 2. The highest BCUT2D eigenvalue weighted by atomic mass is 35.5. The van der Waals surface area contributed by atoms with Crippen molar-refractivity contribution in [1.29, 1.82) is 0 Å². The van der Waals surface area contributed by atoms with Crippen molar-refractivity contribution < 1.29 is 22.3 Å². The zero-order valence-electron chi connectivity index (χ0n) is 16.8. The van der Waals surface area contributed by atoms with E-state index in [0.29, 0.717) is 23.7 Å². The number of aromatic nitrogens is 1. The molecule has 0 radical (unpaired) electrons. The van der Waals surface area contributed by atoms with Gasteiger partial charge < -0.3 is 9.64 Å². The molecule has 0 saturated heterocycles. The average molecular weight is 477 g/mol. The van der Waals surface area contributed by atoms with Gasteiger partial charge in [0.05, 0.1) is 22.7 Å². The monoisotopic (exact) mass is 476 g/mol. The smallest absolute Gasteiger partial charge is 0.323 e. The Bertz CT molecular complexity index is 1300. The van der Waals surface area contributed by atoms with Gasteiger partial charge in [-0.25, -0.2) is 22.6 Å². The number of sulfonamides is 1. The van der Waals surface area contributed by atoms with E-state index in [2.05, 4.69) is 15.0 Å². The summed E-state index contributed by atoms with van der Waals surface area (Å²) in [5.74, 6) is -0.193. The molecule has 2 N–H and O–H groups in total. The molecule has 166 valence electrons. The second-order valence-electron chi connectivity index (χ2n) is 6.89. The van der Waals surface area contributed by atoms with E-state index in [-0.39, 0.29) is 33.9 Å². The lowest BCUT2D eigenvalue weighted by atomic mass is 10.2. The maximum atomic E-state index is 14.7. The quantitative estimate of drug-likeness (QED) is 0.530. The van der Waals surface area contributed by atoms with Gasteiger partial charge in [-0.2, -0.15) is 0 Å². The molecule has 0 spiro atoms. The summed E-state index contributed by atoms with van der Waals surface area (Å²) in [6.07, 6.45) is 1.45. The fourth-order valence-corrected chi connectivity index (χ4v) is 4.49. The topological polar surface area (TPSA) is 101 Å². The molecule has 0 unspecified atom stereocenters. The third-order valence-electron chi connectivity index (χ3n) is 4.77. The Morgan fingerprint density at radius 2 is 2.03 bits per heavy atom. The van der Waals surface area contributed by atoms with Gasteiger partial charge in [0.1, 0.15) is 11.6 Å². The molecule has 1 aromatic heterocycles. The Balaban J connectivity index is 1.57. The number of ether oxygens (including phenoxy) is 1. The molecule has 2 aromatic carbocycles. The van der Waals surface area contributed by atoms with Crippen molar-refractivity contribution in [2.75, 3.05) is 16.6 Å². The molecule has 2 amide bonds. The predicted octanol–water partition coefficient (Wildman–Crippen LogP) is 4.83. The maximum Gasteiger partial charge on any atom is 0.323 e. The molecule has 0 atom stereocenters. The van der Waals surface area contributed by atoms with E-state index < -0.39 is 15.8 Å². The van der Waals surface area contributed by atoms with E-state index in [1.54, 1.807) is 17.0 Å². The lowest BCUT2D eigenvalue weighted by molar-refractivity contribution is 0.209. The van der Waals surface area contributed by atoms with Gasteiger partial charge in [-0.1, -0.05) is 17.7 Å². The molecular weight excluding hydrogens is 459 g/mol. The van der Waals surface area contributed by atoms with Gasteiger partial charge in [-0.15, -0.1) is 0 Å². The number of pyridine rings is 1. The third-order valence-corrected chi connectivity index (χ3v) is 6.38. The number of hydrogen-bond acceptors (Lipinski definition) is 5. The number of urea groups is 1. The van der Waals surface area contributed by atoms with Crippen molar-refractivity contribution in [3.63, 3.8) is 0 Å². The van der Waals surface area contributed by atoms with Crippen LogP contribution in [0.5, 0.6) is 11.5 Å². The van der Waals surface area contributed by atoms with Crippen LogP contribution in [-0.2, 0) is 16.6 Å². The Hall–Kier alpha value is -3.37. The minimum absolute atomic E-state index is 0.0241. The minimum Gasteiger partial charge on any atom is -0.454 e. The molecule has 3 aromatic rings. The summed E-state index contributed by atoms with van der Waals surface area (Å²) in [6, 6.07) is 10.7. The van der Waals surface area contributed by atoms with Crippen LogP contribution in [0.25, 0.3) is 0 Å². The first-order valence-electron chi connectivity index (χ1n) is 9.56. The number of amides is 2. The zero-order chi connectivity index (χ0) is 22.9. The van der Waals surface area contributed by atoms with Crippen LogP contribution in [0.3, 0.4) is 0 Å². The summed E-state index contributed by atoms with van der Waals surface area (Å²) < 4.78 is 47.8. The number of benzene rings is 2. The molecule has 0 aliphatic carbocycles. The molecule has 0 bridgehead atoms. The minimum atomic E-state index is -3.95. The van der Waals surface area contributed by atoms with Gasteiger partial charge in [-0.3, -0.25) is 10.0 Å². The van der Waals surface area contributed by atoms with Crippen molar-refractivity contribution in [2.45, 2.75) is 18.4 Å². The Morgan fingerprint density at radius 1 is 1.22 bits per heavy atom. The SMILES string of the molecule is CCN1Cc2c(Oc3ccc(NS(=O)(=O)c4cccc(Cl)c4)cc3F)ccnc2NC1=O. The number of nitrogens with zero attached hydrogens (tertiary/aromatic N) is 2. The number of anilines is 2. The van der Waals surface area contributed by atoms with E-state index >= 15 is 0 Å². The summed E-state index contributed by atoms with van der Waals surface area (Å²) in [5, 5.41) is 2.94. The first kappa shape index (κ1) is 21.8. The largest absolute Gasteiger partial charge is 0.454 e. The number of rotatable bonds is 6. The highest BCUT2D eigenvalue weighted by molar-refractivity contribution is 7.92. The predicted molar refractivity (Wildman–Crippen MR) is 118 cm³/mol. The van der Waals surface area contributed by atoms with E-state index in [0.717, 1.165) is 6.07 Å². The lowest BCUT2D eigenvalue weighted by Crippen LogP contribution is -2.38. The summed E-state index contributed by atoms with van der Waals surface area (Å²) in [4.78, 5) is 17.6. The van der Waals surface area contributed by atoms with Gasteiger partial charge in [-0.05, 0) is 43.3 Å². The molecule has 2 heterocycles. The molecule has 0 fully saturated rings. The molecule has 4 rings (SSSR count). The van der Waals surface area contributed by atoms with Gasteiger partial charge in [0.15, 0.2) is 11.6 Å². The van der Waals surface area contributed by atoms with Crippen molar-refractivity contribution in [3.8, 4) is 11.5 Å². The van der Waals surface area contributed by atoms with Gasteiger partial charge in [0, 0.05) is 23.8 Å². The summed E-state index contributed by atoms with van der Waals surface area (Å²) in [7, 11) is -3.95. The van der Waals surface area contributed by atoms with Crippen molar-refractivity contribution in [2.24, 2.45) is 0 Å². The molecule has 32 heavy (non-hydrogen) atoms. The number of carbonyl (C=O) groups is 1. The standard InChI is InChI=1S/C21H18ClFN4O4S/c1-2-27-12-16-18(8-9-24-20(16)25-21(27)28)31-19-7-6-14(11-17(19)23)26-32(29,30)15-5-3-4-13(22)10-15/h3-11,26H,2,12H2,1H3,(H,24,25,28). The number of carbonyl (C=O) groups excluding carboxylic acids is 1. The van der Waals surface area contributed by atoms with Crippen LogP contribution in [0.15, 0.2) is 59.6 Å². The van der Waals surface area contributed by atoms with Crippen LogP contribution in [0.1, 0.15) is 12.5 Å². The zero-order valence-corrected chi connectivity index (χ0v) is 18.4. The number of fused-ring (bicyclic) bond motifs is 1. The Labute approximate surface area is 189 Å². The van der Waals surface area contributed by atoms with Crippen LogP contribution in [0.4, 0.5) is 20.7 Å². The van der Waals surface area contributed by atoms with Gasteiger partial charge in [0.2, 0.25) is 0 Å². The first-order valence-corrected chi connectivity index (χ1v) is 11.4. The maximum absolute atomic E-state index is 14.7. The van der Waals surface area contributed by atoms with Crippen LogP contribution >= 0.6 is 11.6 Å². The van der Waals surface area contributed by atoms with Crippen molar-refractivity contribution >= 4 is 39.2 Å². The van der Waals surface area contributed by atoms with Gasteiger partial charge in [0.25, 0.3) is 10.0 Å². The van der Waals surface area contributed by atoms with Crippen LogP contribution in [0, 0.1) is 5.82 Å². The number of halogens is 2. The van der Waals surface area contributed by atoms with Crippen LogP contribution in [-0.4, -0.2) is 30.9 Å². The molecule has 1 aliphatic heterocycles. The highest BCUT2D eigenvalue weighted by Crippen LogP contribution is 2.34. The van der Waals surface area contributed by atoms with E-state index in [9.17, 15) is 17.6 Å². The highest BCUT2D eigenvalue weighted by Gasteiger charge is 2.26. The molecule has 11 heteroatoms. The summed E-state index contributed by atoms with van der Waals surface area (Å²) in [5.41, 5.74) is 0.634. The second kappa shape index (κ2) is 8.64. The Kier molecular flexibility index (Phi) is 5.90. The molecular formula is C21H18ClFN4O4S. The van der Waals surface area contributed by atoms with E-state index in [1.807, 2.05) is 6.92 Å². The fourth-order valence-electron chi connectivity index (χ4n) is 3.14. The van der Waals surface area contributed by atoms with E-state index in [1.165, 1.54) is 36.5 Å². The average Bonchev–Trinajstić information content (AvgIpc) is 2.75. The molecule has 8 nitrogen and oxygen atoms in total. The van der Waals surface area contributed by atoms with Gasteiger partial charge >= 0.3 is 6.03 Å². The second-order valence-corrected chi connectivity index (χ2v) is 9.01. The fraction of sp³-hybridized carbons (Fsp3) is 0.143. The van der Waals surface area contributed by atoms with Crippen molar-refractivity contribution in [3.05, 3.63) is 71.1 Å². The lowest BCUT2D eigenvalue weighted by Gasteiger charge is -2.28. The molecule has 0 saturated carbocycles. The first-order chi connectivity index (χ1) is 15.3. The van der Waals surface area contributed by atoms with Crippen molar-refractivity contribution in [1.82, 2.24) is 9.88 Å². The van der Waals surface area contributed by atoms with Crippen LogP contribution < -0.4 is 14.8 Å². The summed E-state index contributed by atoms with van der Waals surface area (Å²) in [6.45, 7) is 2.58. The Morgan fingerprint density at radius 3 is 2.75 bits per heavy atom. The van der Waals surface area contributed by atoms with Crippen LogP contribution in [0.2, 0.25) is 5.02 Å².